The van der Waals surface area contributed by atoms with Crippen molar-refractivity contribution < 1.29 is 9.90 Å². The fourth-order valence-electron chi connectivity index (χ4n) is 1.47. The zero-order valence-corrected chi connectivity index (χ0v) is 12.7. The van der Waals surface area contributed by atoms with Crippen LogP contribution in [0.4, 0.5) is 5.69 Å². The van der Waals surface area contributed by atoms with Gasteiger partial charge in [-0.15, -0.1) is 0 Å². The first-order chi connectivity index (χ1) is 8.62. The summed E-state index contributed by atoms with van der Waals surface area (Å²) >= 11 is 5.97. The summed E-state index contributed by atoms with van der Waals surface area (Å²) in [6.45, 7) is 5.27. The van der Waals surface area contributed by atoms with Crippen LogP contribution in [0.15, 0.2) is 18.2 Å². The van der Waals surface area contributed by atoms with Crippen molar-refractivity contribution in [1.29, 1.82) is 0 Å². The topological polar surface area (TPSA) is 52.6 Å². The van der Waals surface area contributed by atoms with Crippen molar-refractivity contribution in [2.75, 3.05) is 19.4 Å². The molecule has 0 bridgehead atoms. The summed E-state index contributed by atoms with van der Waals surface area (Å²) in [5.41, 5.74) is 0.257. The van der Waals surface area contributed by atoms with E-state index in [1.807, 2.05) is 6.92 Å². The number of halogens is 1. The second-order valence-corrected chi connectivity index (χ2v) is 5.85. The average molecular weight is 285 g/mol. The van der Waals surface area contributed by atoms with Crippen molar-refractivity contribution in [3.63, 3.8) is 0 Å². The van der Waals surface area contributed by atoms with E-state index in [0.717, 1.165) is 0 Å². The third-order valence-electron chi connectivity index (χ3n) is 3.05. The van der Waals surface area contributed by atoms with Gasteiger partial charge in [-0.1, -0.05) is 11.6 Å². The van der Waals surface area contributed by atoms with E-state index < -0.39 is 5.60 Å². The molecule has 4 nitrogen and oxygen atoms in total. The largest absolute Gasteiger partial charge is 0.388 e. The number of nitrogens with one attached hydrogen (secondary N) is 1. The maximum Gasteiger partial charge on any atom is 0.255 e. The van der Waals surface area contributed by atoms with Gasteiger partial charge in [-0.25, -0.2) is 0 Å². The fraction of sp³-hybridized carbons (Fsp3) is 0.500. The van der Waals surface area contributed by atoms with Crippen molar-refractivity contribution >= 4 is 23.2 Å². The Morgan fingerprint density at radius 2 is 2.00 bits per heavy atom. The molecule has 19 heavy (non-hydrogen) atoms. The first-order valence-electron chi connectivity index (χ1n) is 6.13. The highest BCUT2D eigenvalue weighted by molar-refractivity contribution is 6.31. The summed E-state index contributed by atoms with van der Waals surface area (Å²) in [6.07, 6.45) is 0. The fourth-order valence-corrected chi connectivity index (χ4v) is 1.65. The van der Waals surface area contributed by atoms with Gasteiger partial charge in [0.05, 0.1) is 17.2 Å². The van der Waals surface area contributed by atoms with Gasteiger partial charge in [0.15, 0.2) is 0 Å². The zero-order chi connectivity index (χ0) is 14.8. The maximum atomic E-state index is 12.1. The van der Waals surface area contributed by atoms with E-state index in [2.05, 4.69) is 5.32 Å². The predicted molar refractivity (Wildman–Crippen MR) is 78.9 cm³/mol. The number of nitrogens with zero attached hydrogens (tertiary/aromatic N) is 1. The van der Waals surface area contributed by atoms with E-state index in [9.17, 15) is 9.90 Å². The summed E-state index contributed by atoms with van der Waals surface area (Å²) in [5.74, 6) is -0.109. The summed E-state index contributed by atoms with van der Waals surface area (Å²) < 4.78 is 0. The number of carbonyl (C=O) groups excluding carboxylic acids is 1. The first kappa shape index (κ1) is 15.8. The van der Waals surface area contributed by atoms with Crippen LogP contribution in [0.25, 0.3) is 0 Å². The van der Waals surface area contributed by atoms with Gasteiger partial charge in [-0.3, -0.25) is 4.79 Å². The van der Waals surface area contributed by atoms with Gasteiger partial charge in [0, 0.05) is 24.8 Å². The Hall–Kier alpha value is -1.26. The summed E-state index contributed by atoms with van der Waals surface area (Å²) in [5, 5.41) is 13.7. The second-order valence-electron chi connectivity index (χ2n) is 5.41. The molecule has 1 atom stereocenters. The monoisotopic (exact) mass is 284 g/mol. The predicted octanol–water partition coefficient (Wildman–Crippen LogP) is 2.61. The maximum absolute atomic E-state index is 12.1. The molecule has 0 aromatic heterocycles. The first-order valence-corrected chi connectivity index (χ1v) is 6.51. The molecule has 0 aliphatic heterocycles. The quantitative estimate of drug-likeness (QED) is 0.894. The molecule has 0 aliphatic rings. The van der Waals surface area contributed by atoms with Crippen LogP contribution in [-0.4, -0.2) is 41.7 Å². The van der Waals surface area contributed by atoms with E-state index in [-0.39, 0.29) is 11.9 Å². The number of aliphatic hydroxyl groups is 1. The molecule has 1 aromatic rings. The van der Waals surface area contributed by atoms with Gasteiger partial charge < -0.3 is 15.3 Å². The Kier molecular flexibility index (Phi) is 4.82. The Morgan fingerprint density at radius 3 is 2.47 bits per heavy atom. The van der Waals surface area contributed by atoms with Crippen molar-refractivity contribution in [3.05, 3.63) is 28.8 Å². The lowest BCUT2D eigenvalue weighted by Crippen LogP contribution is -2.40. The minimum atomic E-state index is -0.902. The lowest BCUT2D eigenvalue weighted by molar-refractivity contribution is 0.0647. The normalized spacial score (nSPS) is 13.0. The Morgan fingerprint density at radius 1 is 1.42 bits per heavy atom. The van der Waals surface area contributed by atoms with Crippen molar-refractivity contribution in [3.8, 4) is 0 Å². The molecule has 106 valence electrons. The van der Waals surface area contributed by atoms with Crippen LogP contribution in [0.2, 0.25) is 5.02 Å². The molecule has 0 saturated heterocycles. The van der Waals surface area contributed by atoms with Crippen molar-refractivity contribution in [2.24, 2.45) is 0 Å². The highest BCUT2D eigenvalue weighted by atomic mass is 35.5. The van der Waals surface area contributed by atoms with E-state index in [0.29, 0.717) is 16.3 Å². The van der Waals surface area contributed by atoms with Gasteiger partial charge in [0.1, 0.15) is 0 Å². The molecule has 0 spiro atoms. The third kappa shape index (κ3) is 4.11. The Balaban J connectivity index is 3.11. The number of anilines is 1. The molecule has 5 heteroatoms. The Labute approximate surface area is 119 Å². The van der Waals surface area contributed by atoms with Crippen LogP contribution in [-0.2, 0) is 0 Å². The molecule has 1 rings (SSSR count). The van der Waals surface area contributed by atoms with Gasteiger partial charge in [-0.2, -0.15) is 0 Å². The number of benzene rings is 1. The molecular weight excluding hydrogens is 264 g/mol. The molecule has 0 aliphatic carbocycles. The third-order valence-corrected chi connectivity index (χ3v) is 3.28. The van der Waals surface area contributed by atoms with Crippen LogP contribution >= 0.6 is 11.6 Å². The molecule has 1 amide bonds. The molecule has 0 radical (unpaired) electrons. The highest BCUT2D eigenvalue weighted by Crippen LogP contribution is 2.24. The van der Waals surface area contributed by atoms with Crippen LogP contribution in [0.3, 0.4) is 0 Å². The van der Waals surface area contributed by atoms with E-state index in [1.54, 1.807) is 46.1 Å². The number of hydrogen-bond acceptors (Lipinski definition) is 3. The van der Waals surface area contributed by atoms with E-state index in [1.165, 1.54) is 4.90 Å². The Bertz CT molecular complexity index is 467. The van der Waals surface area contributed by atoms with E-state index in [4.69, 9.17) is 11.6 Å². The average Bonchev–Trinajstić information content (AvgIpc) is 2.27. The number of rotatable bonds is 4. The van der Waals surface area contributed by atoms with Crippen LogP contribution < -0.4 is 5.32 Å². The van der Waals surface area contributed by atoms with Crippen molar-refractivity contribution in [2.45, 2.75) is 32.4 Å². The molecule has 0 saturated carbocycles. The standard InChI is InChI=1S/C14H21ClN2O2/c1-9(14(2,3)19)16-12-8-10(15)6-7-11(12)13(18)17(4)5/h6-9,16,19H,1-5H3. The lowest BCUT2D eigenvalue weighted by atomic mass is 10.00. The minimum absolute atomic E-state index is 0.109. The molecule has 0 fully saturated rings. The highest BCUT2D eigenvalue weighted by Gasteiger charge is 2.24. The van der Waals surface area contributed by atoms with Crippen LogP contribution in [0, 0.1) is 0 Å². The smallest absolute Gasteiger partial charge is 0.255 e. The van der Waals surface area contributed by atoms with Crippen LogP contribution in [0.5, 0.6) is 0 Å². The minimum Gasteiger partial charge on any atom is -0.388 e. The molecule has 0 heterocycles. The van der Waals surface area contributed by atoms with Crippen molar-refractivity contribution in [1.82, 2.24) is 4.90 Å². The van der Waals surface area contributed by atoms with Gasteiger partial charge in [0.2, 0.25) is 0 Å². The zero-order valence-electron chi connectivity index (χ0n) is 12.0. The van der Waals surface area contributed by atoms with Gasteiger partial charge in [0.25, 0.3) is 5.91 Å². The SMILES string of the molecule is CC(Nc1cc(Cl)ccc1C(=O)N(C)C)C(C)(C)O. The number of amides is 1. The van der Waals surface area contributed by atoms with E-state index >= 15 is 0 Å². The second kappa shape index (κ2) is 5.80. The van der Waals surface area contributed by atoms with Crippen LogP contribution in [0.1, 0.15) is 31.1 Å². The lowest BCUT2D eigenvalue weighted by Gasteiger charge is -2.28. The molecule has 2 N–H and O–H groups in total. The molecule has 1 aromatic carbocycles. The number of carbonyl (C=O) groups is 1. The van der Waals surface area contributed by atoms with Gasteiger partial charge >= 0.3 is 0 Å². The summed E-state index contributed by atoms with van der Waals surface area (Å²) in [6, 6.07) is 4.84. The molecular formula is C14H21ClN2O2. The summed E-state index contributed by atoms with van der Waals surface area (Å²) in [4.78, 5) is 13.6. The van der Waals surface area contributed by atoms with Gasteiger partial charge in [-0.05, 0) is 39.0 Å². The molecule has 1 unspecified atom stereocenters. The number of hydrogen-bond donors (Lipinski definition) is 2. The summed E-state index contributed by atoms with van der Waals surface area (Å²) in [7, 11) is 3.39.